The highest BCUT2D eigenvalue weighted by molar-refractivity contribution is 5.72. The van der Waals surface area contributed by atoms with Crippen LogP contribution in [-0.2, 0) is 4.79 Å². The van der Waals surface area contributed by atoms with Gasteiger partial charge in [0.05, 0.1) is 19.8 Å². The molecule has 0 spiro atoms. The van der Waals surface area contributed by atoms with E-state index in [4.69, 9.17) is 20.4 Å². The Labute approximate surface area is 178 Å². The number of carbonyl (C=O) groups is 1. The molecule has 0 aromatic carbocycles. The molecule has 0 aromatic heterocycles. The molecular weight excluding hydrogens is 372 g/mol. The Morgan fingerprint density at radius 2 is 1.10 bits per heavy atom. The van der Waals surface area contributed by atoms with Gasteiger partial charge in [0.15, 0.2) is 0 Å². The molecule has 0 saturated carbocycles. The van der Waals surface area contributed by atoms with E-state index in [1.807, 2.05) is 11.9 Å². The van der Waals surface area contributed by atoms with Crippen LogP contribution in [0.4, 0.5) is 0 Å². The summed E-state index contributed by atoms with van der Waals surface area (Å²) in [6, 6.07) is -0.362. The molecular formula is C22H48N2O5. The highest BCUT2D eigenvalue weighted by atomic mass is 16.4. The van der Waals surface area contributed by atoms with Crippen molar-refractivity contribution in [3.8, 4) is 0 Å². The minimum absolute atomic E-state index is 0.0694. The van der Waals surface area contributed by atoms with E-state index < -0.39 is 5.97 Å². The summed E-state index contributed by atoms with van der Waals surface area (Å²) in [5, 5.41) is 34.3. The second kappa shape index (κ2) is 23.5. The van der Waals surface area contributed by atoms with Crippen molar-refractivity contribution in [1.29, 1.82) is 0 Å². The summed E-state index contributed by atoms with van der Waals surface area (Å²) in [6.07, 6.45) is 13.2. The quantitative estimate of drug-likeness (QED) is 0.238. The molecule has 0 aliphatic heterocycles. The highest BCUT2D eigenvalue weighted by Crippen LogP contribution is 2.11. The van der Waals surface area contributed by atoms with Gasteiger partial charge >= 0.3 is 5.97 Å². The van der Waals surface area contributed by atoms with Gasteiger partial charge in [-0.25, -0.2) is 0 Å². The first-order valence-corrected chi connectivity index (χ1v) is 11.4. The summed E-state index contributed by atoms with van der Waals surface area (Å²) in [5.41, 5.74) is 0. The fraction of sp³-hybridized carbons (Fsp3) is 0.955. The van der Waals surface area contributed by atoms with Crippen molar-refractivity contribution in [2.75, 3.05) is 53.0 Å². The Kier molecular flexibility index (Phi) is 24.7. The van der Waals surface area contributed by atoms with Crippen LogP contribution in [0.15, 0.2) is 0 Å². The Bertz CT molecular complexity index is 331. The largest absolute Gasteiger partial charge is 0.480 e. The van der Waals surface area contributed by atoms with Crippen molar-refractivity contribution in [1.82, 2.24) is 9.80 Å². The van der Waals surface area contributed by atoms with Crippen molar-refractivity contribution in [3.05, 3.63) is 0 Å². The second-order valence-corrected chi connectivity index (χ2v) is 7.69. The normalized spacial score (nSPS) is 12.1. The molecule has 0 rings (SSSR count). The number of nitrogens with zero attached hydrogens (tertiary/aromatic N) is 2. The predicted octanol–water partition coefficient (Wildman–Crippen LogP) is 2.58. The Morgan fingerprint density at radius 1 is 0.724 bits per heavy atom. The molecule has 0 bridgehead atoms. The minimum Gasteiger partial charge on any atom is -0.480 e. The van der Waals surface area contributed by atoms with Gasteiger partial charge in [0.2, 0.25) is 0 Å². The smallest absolute Gasteiger partial charge is 0.320 e. The Balaban J connectivity index is 0. The van der Waals surface area contributed by atoms with E-state index in [9.17, 15) is 4.79 Å². The topological polar surface area (TPSA) is 104 Å². The van der Waals surface area contributed by atoms with Gasteiger partial charge in [-0.2, -0.15) is 0 Å². The van der Waals surface area contributed by atoms with E-state index in [1.165, 1.54) is 57.8 Å². The van der Waals surface area contributed by atoms with E-state index in [2.05, 4.69) is 6.92 Å². The summed E-state index contributed by atoms with van der Waals surface area (Å²) in [5.74, 6) is -0.727. The fourth-order valence-corrected chi connectivity index (χ4v) is 2.99. The van der Waals surface area contributed by atoms with E-state index in [1.54, 1.807) is 11.8 Å². The molecule has 0 heterocycles. The molecule has 0 aliphatic rings. The van der Waals surface area contributed by atoms with Crippen LogP contribution in [0.1, 0.15) is 78.1 Å². The zero-order valence-corrected chi connectivity index (χ0v) is 19.2. The van der Waals surface area contributed by atoms with Gasteiger partial charge in [-0.1, -0.05) is 64.7 Å². The molecule has 0 saturated heterocycles. The average molecular weight is 421 g/mol. The third-order valence-electron chi connectivity index (χ3n) is 5.13. The minimum atomic E-state index is -0.727. The Hall–Kier alpha value is -0.730. The van der Waals surface area contributed by atoms with Crippen LogP contribution in [0.5, 0.6) is 0 Å². The lowest BCUT2D eigenvalue weighted by Gasteiger charge is -2.20. The summed E-state index contributed by atoms with van der Waals surface area (Å²) >= 11 is 0. The van der Waals surface area contributed by atoms with Gasteiger partial charge < -0.3 is 20.4 Å². The van der Waals surface area contributed by atoms with E-state index >= 15 is 0 Å². The van der Waals surface area contributed by atoms with Crippen LogP contribution in [0.3, 0.4) is 0 Å². The number of unbranched alkanes of at least 4 members (excludes halogenated alkanes) is 9. The molecule has 1 atom stereocenters. The first kappa shape index (κ1) is 30.5. The maximum Gasteiger partial charge on any atom is 0.320 e. The van der Waals surface area contributed by atoms with Gasteiger partial charge in [0, 0.05) is 19.6 Å². The van der Waals surface area contributed by atoms with Gasteiger partial charge in [-0.3, -0.25) is 14.6 Å². The van der Waals surface area contributed by atoms with Crippen molar-refractivity contribution in [2.24, 2.45) is 0 Å². The average Bonchev–Trinajstić information content (AvgIpc) is 2.69. The number of carboxylic acids is 1. The van der Waals surface area contributed by atoms with E-state index in [-0.39, 0.29) is 25.9 Å². The van der Waals surface area contributed by atoms with Crippen molar-refractivity contribution in [2.45, 2.75) is 84.1 Å². The number of likely N-dealkylation sites (N-methyl/N-ethyl adjacent to an activating group) is 1. The van der Waals surface area contributed by atoms with Crippen molar-refractivity contribution < 1.29 is 25.2 Å². The molecule has 0 aromatic rings. The van der Waals surface area contributed by atoms with Crippen LogP contribution in [-0.4, -0.2) is 95.3 Å². The number of carboxylic acid groups (broad SMARTS) is 1. The zero-order valence-electron chi connectivity index (χ0n) is 19.2. The summed E-state index contributed by atoms with van der Waals surface area (Å²) in [6.45, 7) is 6.65. The third kappa shape index (κ3) is 21.8. The maximum atomic E-state index is 10.8. The number of aliphatic carboxylic acids is 1. The van der Waals surface area contributed by atoms with Gasteiger partial charge in [0.1, 0.15) is 6.04 Å². The first-order valence-electron chi connectivity index (χ1n) is 11.4. The molecule has 0 aliphatic carbocycles. The fourth-order valence-electron chi connectivity index (χ4n) is 2.99. The highest BCUT2D eigenvalue weighted by Gasteiger charge is 2.15. The first-order chi connectivity index (χ1) is 13.9. The predicted molar refractivity (Wildman–Crippen MR) is 119 cm³/mol. The molecule has 7 nitrogen and oxygen atoms in total. The lowest BCUT2D eigenvalue weighted by atomic mass is 10.1. The molecule has 0 radical (unpaired) electrons. The lowest BCUT2D eigenvalue weighted by molar-refractivity contribution is -0.142. The second-order valence-electron chi connectivity index (χ2n) is 7.69. The number of hydrogen-bond acceptors (Lipinski definition) is 6. The number of rotatable bonds is 19. The summed E-state index contributed by atoms with van der Waals surface area (Å²) in [7, 11) is 1.90. The summed E-state index contributed by atoms with van der Waals surface area (Å²) < 4.78 is 0. The van der Waals surface area contributed by atoms with Crippen LogP contribution >= 0.6 is 0 Å². The SMILES string of the molecule is CCCCCCCCCCCCN(C)C(C)C(=O)O.OCCN(CCO)CCO. The van der Waals surface area contributed by atoms with Gasteiger partial charge in [0.25, 0.3) is 0 Å². The van der Waals surface area contributed by atoms with E-state index in [0.717, 1.165) is 13.0 Å². The maximum absolute atomic E-state index is 10.8. The molecule has 1 unspecified atom stereocenters. The van der Waals surface area contributed by atoms with Crippen molar-refractivity contribution in [3.63, 3.8) is 0 Å². The van der Waals surface area contributed by atoms with Gasteiger partial charge in [-0.05, 0) is 26.9 Å². The third-order valence-corrected chi connectivity index (χ3v) is 5.13. The lowest BCUT2D eigenvalue weighted by Crippen LogP contribution is -2.36. The molecule has 0 fully saturated rings. The monoisotopic (exact) mass is 420 g/mol. The standard InChI is InChI=1S/C16H33NO2.C6H15NO3/c1-4-5-6-7-8-9-10-11-12-13-14-17(3)15(2)16(18)19;8-4-1-7(2-5-9)3-6-10/h15H,4-14H2,1-3H3,(H,18,19);8-10H,1-6H2. The van der Waals surface area contributed by atoms with Crippen LogP contribution < -0.4 is 0 Å². The molecule has 0 amide bonds. The van der Waals surface area contributed by atoms with E-state index in [0.29, 0.717) is 19.6 Å². The van der Waals surface area contributed by atoms with Gasteiger partial charge in [-0.15, -0.1) is 0 Å². The molecule has 4 N–H and O–H groups in total. The summed E-state index contributed by atoms with van der Waals surface area (Å²) in [4.78, 5) is 14.5. The number of hydrogen-bond donors (Lipinski definition) is 4. The number of aliphatic hydroxyl groups is 3. The van der Waals surface area contributed by atoms with Crippen LogP contribution in [0.2, 0.25) is 0 Å². The molecule has 7 heteroatoms. The van der Waals surface area contributed by atoms with Crippen LogP contribution in [0, 0.1) is 0 Å². The number of aliphatic hydroxyl groups excluding tert-OH is 3. The Morgan fingerprint density at radius 3 is 1.45 bits per heavy atom. The molecule has 29 heavy (non-hydrogen) atoms. The molecule has 176 valence electrons. The van der Waals surface area contributed by atoms with Crippen LogP contribution in [0.25, 0.3) is 0 Å². The zero-order chi connectivity index (χ0) is 22.3. The van der Waals surface area contributed by atoms with Crippen molar-refractivity contribution >= 4 is 5.97 Å².